The molecule has 0 aromatic carbocycles. The van der Waals surface area contributed by atoms with Crippen LogP contribution in [0.2, 0.25) is 0 Å². The zero-order valence-corrected chi connectivity index (χ0v) is 11.3. The summed E-state index contributed by atoms with van der Waals surface area (Å²) in [6.45, 7) is 1.86. The number of pyridine rings is 1. The van der Waals surface area contributed by atoms with E-state index in [2.05, 4.69) is 26.2 Å². The van der Waals surface area contributed by atoms with Gasteiger partial charge in [-0.15, -0.1) is 0 Å². The van der Waals surface area contributed by atoms with Gasteiger partial charge in [0.15, 0.2) is 0 Å². The van der Waals surface area contributed by atoms with Crippen LogP contribution in [0.25, 0.3) is 0 Å². The summed E-state index contributed by atoms with van der Waals surface area (Å²) in [6.07, 6.45) is 2.71. The molecule has 1 aliphatic carbocycles. The summed E-state index contributed by atoms with van der Waals surface area (Å²) in [7, 11) is 0. The largest absolute Gasteiger partial charge is 0.327 e. The highest BCUT2D eigenvalue weighted by Gasteiger charge is 2.29. The molecule has 3 N–H and O–H groups in total. The topological polar surface area (TPSA) is 68.0 Å². The van der Waals surface area contributed by atoms with E-state index >= 15 is 0 Å². The molecule has 0 radical (unpaired) electrons. The molecule has 1 saturated carbocycles. The van der Waals surface area contributed by atoms with Gasteiger partial charge in [0.25, 0.3) is 0 Å². The van der Waals surface area contributed by atoms with Gasteiger partial charge in [0.05, 0.1) is 11.4 Å². The highest BCUT2D eigenvalue weighted by atomic mass is 79.9. The van der Waals surface area contributed by atoms with Crippen molar-refractivity contribution in [2.75, 3.05) is 5.32 Å². The summed E-state index contributed by atoms with van der Waals surface area (Å²) >= 11 is 3.29. The molecule has 2 rings (SSSR count). The van der Waals surface area contributed by atoms with Gasteiger partial charge in [0, 0.05) is 12.5 Å². The number of halogens is 1. The van der Waals surface area contributed by atoms with Gasteiger partial charge in [0.2, 0.25) is 5.91 Å². The first-order chi connectivity index (χ1) is 8.06. The Morgan fingerprint density at radius 2 is 2.35 bits per heavy atom. The molecule has 1 aliphatic rings. The molecule has 1 amide bonds. The zero-order valence-electron chi connectivity index (χ0n) is 9.74. The fraction of sp³-hybridized carbons (Fsp3) is 0.500. The molecule has 1 unspecified atom stereocenters. The van der Waals surface area contributed by atoms with Crippen LogP contribution >= 0.6 is 15.9 Å². The third-order valence-electron chi connectivity index (χ3n) is 2.97. The third-order valence-corrected chi connectivity index (χ3v) is 3.42. The van der Waals surface area contributed by atoms with Crippen molar-refractivity contribution < 1.29 is 4.79 Å². The van der Waals surface area contributed by atoms with Crippen molar-refractivity contribution in [3.63, 3.8) is 0 Å². The molecule has 1 aromatic rings. The molecule has 1 atom stereocenters. The molecule has 0 aliphatic heterocycles. The minimum atomic E-state index is -0.0309. The van der Waals surface area contributed by atoms with Crippen LogP contribution in [0, 0.1) is 12.8 Å². The smallest absolute Gasteiger partial charge is 0.225 e. The van der Waals surface area contributed by atoms with Crippen LogP contribution in [0.3, 0.4) is 0 Å². The fourth-order valence-electron chi connectivity index (χ4n) is 1.77. The Morgan fingerprint density at radius 1 is 1.65 bits per heavy atom. The van der Waals surface area contributed by atoms with E-state index in [4.69, 9.17) is 5.73 Å². The zero-order chi connectivity index (χ0) is 12.4. The van der Waals surface area contributed by atoms with E-state index in [1.807, 2.05) is 19.1 Å². The lowest BCUT2D eigenvalue weighted by Gasteiger charge is -2.11. The van der Waals surface area contributed by atoms with Gasteiger partial charge in [-0.25, -0.2) is 4.98 Å². The molecule has 17 heavy (non-hydrogen) atoms. The van der Waals surface area contributed by atoms with Crippen molar-refractivity contribution in [2.24, 2.45) is 11.7 Å². The van der Waals surface area contributed by atoms with Gasteiger partial charge in [-0.05, 0) is 53.7 Å². The Balaban J connectivity index is 1.92. The summed E-state index contributed by atoms with van der Waals surface area (Å²) in [6, 6.07) is 3.65. The minimum absolute atomic E-state index is 0.00119. The Labute approximate surface area is 109 Å². The van der Waals surface area contributed by atoms with Crippen molar-refractivity contribution in [3.8, 4) is 0 Å². The van der Waals surface area contributed by atoms with E-state index in [0.717, 1.165) is 28.8 Å². The van der Waals surface area contributed by atoms with E-state index in [1.54, 1.807) is 0 Å². The number of hydrogen-bond acceptors (Lipinski definition) is 3. The predicted molar refractivity (Wildman–Crippen MR) is 70.6 cm³/mol. The number of nitrogens with two attached hydrogens (primary N) is 1. The molecule has 5 heteroatoms. The minimum Gasteiger partial charge on any atom is -0.327 e. The number of aryl methyl sites for hydroxylation is 1. The quantitative estimate of drug-likeness (QED) is 0.838. The van der Waals surface area contributed by atoms with Crippen LogP contribution < -0.4 is 11.1 Å². The maximum absolute atomic E-state index is 11.8. The lowest BCUT2D eigenvalue weighted by molar-refractivity contribution is -0.116. The van der Waals surface area contributed by atoms with Crippen LogP contribution in [-0.2, 0) is 4.79 Å². The number of anilines is 1. The molecule has 1 heterocycles. The molecule has 1 fully saturated rings. The summed E-state index contributed by atoms with van der Waals surface area (Å²) in [5.74, 6) is 0.515. The number of aromatic nitrogens is 1. The van der Waals surface area contributed by atoms with Crippen molar-refractivity contribution in [2.45, 2.75) is 32.2 Å². The van der Waals surface area contributed by atoms with Crippen molar-refractivity contribution in [1.82, 2.24) is 4.98 Å². The molecule has 1 aromatic heterocycles. The Kier molecular flexibility index (Phi) is 3.79. The van der Waals surface area contributed by atoms with E-state index < -0.39 is 0 Å². The molecule has 92 valence electrons. The average molecular weight is 298 g/mol. The van der Waals surface area contributed by atoms with Crippen molar-refractivity contribution >= 4 is 27.5 Å². The summed E-state index contributed by atoms with van der Waals surface area (Å²) < 4.78 is 0.766. The number of nitrogens with one attached hydrogen (secondary N) is 1. The van der Waals surface area contributed by atoms with Crippen LogP contribution in [-0.4, -0.2) is 16.9 Å². The van der Waals surface area contributed by atoms with Crippen LogP contribution in [0.15, 0.2) is 16.7 Å². The van der Waals surface area contributed by atoms with Gasteiger partial charge < -0.3 is 11.1 Å². The average Bonchev–Trinajstić information content (AvgIpc) is 3.05. The second kappa shape index (κ2) is 5.14. The Bertz CT molecular complexity index is 432. The van der Waals surface area contributed by atoms with E-state index in [0.29, 0.717) is 12.3 Å². The summed E-state index contributed by atoms with van der Waals surface area (Å²) in [4.78, 5) is 16.0. The summed E-state index contributed by atoms with van der Waals surface area (Å²) in [5, 5.41) is 2.85. The second-order valence-electron chi connectivity index (χ2n) is 4.52. The first-order valence-corrected chi connectivity index (χ1v) is 6.54. The monoisotopic (exact) mass is 297 g/mol. The molecular formula is C12H16BrN3O. The normalized spacial score (nSPS) is 16.6. The summed E-state index contributed by atoms with van der Waals surface area (Å²) in [5.41, 5.74) is 7.46. The maximum atomic E-state index is 11.8. The van der Waals surface area contributed by atoms with Crippen LogP contribution in [0.5, 0.6) is 0 Å². The van der Waals surface area contributed by atoms with Crippen LogP contribution in [0.1, 0.15) is 25.0 Å². The Morgan fingerprint density at radius 3 is 2.94 bits per heavy atom. The maximum Gasteiger partial charge on any atom is 0.225 e. The number of carbonyl (C=O) groups excluding carboxylic acids is 1. The standard InChI is InChI=1S/C12H16BrN3O/c1-7-10(4-5-11(13)15-7)16-12(17)6-9(14)8-2-3-8/h4-5,8-9H,2-3,6,14H2,1H3,(H,16,17). The van der Waals surface area contributed by atoms with E-state index in [-0.39, 0.29) is 11.9 Å². The predicted octanol–water partition coefficient (Wildman–Crippen LogP) is 2.22. The van der Waals surface area contributed by atoms with Gasteiger partial charge in [-0.3, -0.25) is 4.79 Å². The molecule has 0 saturated heterocycles. The van der Waals surface area contributed by atoms with Gasteiger partial charge in [-0.1, -0.05) is 0 Å². The number of nitrogens with zero attached hydrogens (tertiary/aromatic N) is 1. The lowest BCUT2D eigenvalue weighted by Crippen LogP contribution is -2.29. The first-order valence-electron chi connectivity index (χ1n) is 5.75. The highest BCUT2D eigenvalue weighted by Crippen LogP contribution is 2.32. The molecule has 0 spiro atoms. The number of carbonyl (C=O) groups is 1. The number of hydrogen-bond donors (Lipinski definition) is 2. The van der Waals surface area contributed by atoms with Crippen molar-refractivity contribution in [3.05, 3.63) is 22.4 Å². The van der Waals surface area contributed by atoms with Gasteiger partial charge >= 0.3 is 0 Å². The van der Waals surface area contributed by atoms with Gasteiger partial charge in [0.1, 0.15) is 4.60 Å². The second-order valence-corrected chi connectivity index (χ2v) is 5.33. The molecule has 0 bridgehead atoms. The SMILES string of the molecule is Cc1nc(Br)ccc1NC(=O)CC(N)C1CC1. The highest BCUT2D eigenvalue weighted by molar-refractivity contribution is 9.10. The lowest BCUT2D eigenvalue weighted by atomic mass is 10.1. The van der Waals surface area contributed by atoms with Crippen molar-refractivity contribution in [1.29, 1.82) is 0 Å². The van der Waals surface area contributed by atoms with Crippen LogP contribution in [0.4, 0.5) is 5.69 Å². The van der Waals surface area contributed by atoms with Gasteiger partial charge in [-0.2, -0.15) is 0 Å². The number of amides is 1. The van der Waals surface area contributed by atoms with E-state index in [9.17, 15) is 4.79 Å². The first kappa shape index (κ1) is 12.5. The number of rotatable bonds is 4. The fourth-order valence-corrected chi connectivity index (χ4v) is 2.17. The molecule has 4 nitrogen and oxygen atoms in total. The molecular weight excluding hydrogens is 282 g/mol. The third kappa shape index (κ3) is 3.51. The Hall–Kier alpha value is -0.940. The van der Waals surface area contributed by atoms with E-state index in [1.165, 1.54) is 0 Å².